The molecule has 1 unspecified atom stereocenters. The fraction of sp³-hybridized carbons (Fsp3) is 0.172. The second-order valence-corrected chi connectivity index (χ2v) is 9.17. The first-order valence-electron chi connectivity index (χ1n) is 11.7. The van der Waals surface area contributed by atoms with Gasteiger partial charge in [-0.15, -0.1) is 0 Å². The Labute approximate surface area is 195 Å². The number of nitrogens with one attached hydrogen (secondary N) is 1. The van der Waals surface area contributed by atoms with Gasteiger partial charge in [-0.2, -0.15) is 0 Å². The van der Waals surface area contributed by atoms with Crippen LogP contribution in [0, 0.1) is 0 Å². The molecule has 3 heterocycles. The summed E-state index contributed by atoms with van der Waals surface area (Å²) in [6.07, 6.45) is 5.36. The number of allylic oxidation sites excluding steroid dienone is 1. The highest BCUT2D eigenvalue weighted by atomic mass is 16.5. The number of para-hydroxylation sites is 1. The normalized spacial score (nSPS) is 21.3. The molecule has 1 amide bonds. The fourth-order valence-corrected chi connectivity index (χ4v) is 5.75. The molecule has 7 rings (SSSR count). The molecule has 34 heavy (non-hydrogen) atoms. The number of fused-ring (bicyclic) bond motifs is 6. The van der Waals surface area contributed by atoms with Gasteiger partial charge in [0.25, 0.3) is 0 Å². The average molecular weight is 447 g/mol. The molecule has 166 valence electrons. The zero-order valence-electron chi connectivity index (χ0n) is 18.4. The van der Waals surface area contributed by atoms with Crippen LogP contribution in [0.15, 0.2) is 93.4 Å². The molecular weight excluding hydrogens is 426 g/mol. The third kappa shape index (κ3) is 2.55. The highest BCUT2D eigenvalue weighted by molar-refractivity contribution is 6.11. The lowest BCUT2D eigenvalue weighted by Crippen LogP contribution is -2.39. The van der Waals surface area contributed by atoms with Crippen LogP contribution in [0.1, 0.15) is 36.8 Å². The van der Waals surface area contributed by atoms with E-state index < -0.39 is 11.0 Å². The van der Waals surface area contributed by atoms with Gasteiger partial charge in [0, 0.05) is 17.5 Å². The predicted octanol–water partition coefficient (Wildman–Crippen LogP) is 6.04. The zero-order valence-corrected chi connectivity index (χ0v) is 18.4. The summed E-state index contributed by atoms with van der Waals surface area (Å²) in [6, 6.07) is 21.4. The van der Waals surface area contributed by atoms with Crippen LogP contribution in [-0.2, 0) is 14.9 Å². The van der Waals surface area contributed by atoms with Gasteiger partial charge in [0.1, 0.15) is 28.1 Å². The third-order valence-electron chi connectivity index (χ3n) is 7.34. The molecule has 1 aromatic heterocycles. The van der Waals surface area contributed by atoms with E-state index in [1.807, 2.05) is 72.8 Å². The minimum absolute atomic E-state index is 0.0977. The summed E-state index contributed by atoms with van der Waals surface area (Å²) in [5, 5.41) is 5.95. The van der Waals surface area contributed by atoms with Crippen molar-refractivity contribution in [2.45, 2.75) is 31.1 Å². The lowest BCUT2D eigenvalue weighted by atomic mass is 9.69. The number of amides is 1. The van der Waals surface area contributed by atoms with Crippen LogP contribution in [0.3, 0.4) is 0 Å². The Bertz CT molecular complexity index is 1660. The minimum atomic E-state index is -0.972. The quantitative estimate of drug-likeness (QED) is 0.286. The second-order valence-electron chi connectivity index (χ2n) is 9.17. The molecule has 1 spiro atoms. The van der Waals surface area contributed by atoms with Gasteiger partial charge in [0.05, 0.1) is 0 Å². The van der Waals surface area contributed by atoms with Crippen molar-refractivity contribution in [1.29, 1.82) is 0 Å². The minimum Gasteiger partial charge on any atom is -0.461 e. The summed E-state index contributed by atoms with van der Waals surface area (Å²) in [5.41, 5.74) is 2.12. The first-order chi connectivity index (χ1) is 16.6. The smallest absolute Gasteiger partial charge is 0.347 e. The molecule has 3 aliphatic rings. The van der Waals surface area contributed by atoms with Gasteiger partial charge in [-0.1, -0.05) is 48.5 Å². The van der Waals surface area contributed by atoms with Gasteiger partial charge in [-0.3, -0.25) is 4.79 Å². The lowest BCUT2D eigenvalue weighted by molar-refractivity contribution is -0.118. The molecule has 5 nitrogen and oxygen atoms in total. The number of rotatable bonds is 1. The van der Waals surface area contributed by atoms with Crippen molar-refractivity contribution in [2.24, 2.45) is 0 Å². The van der Waals surface area contributed by atoms with Crippen LogP contribution >= 0.6 is 0 Å². The van der Waals surface area contributed by atoms with E-state index in [4.69, 9.17) is 9.15 Å². The van der Waals surface area contributed by atoms with Crippen molar-refractivity contribution >= 4 is 39.1 Å². The molecule has 0 fully saturated rings. The zero-order chi connectivity index (χ0) is 22.9. The van der Waals surface area contributed by atoms with E-state index in [9.17, 15) is 9.59 Å². The molecule has 1 aliphatic carbocycles. The van der Waals surface area contributed by atoms with E-state index >= 15 is 0 Å². The molecule has 0 saturated heterocycles. The second kappa shape index (κ2) is 6.94. The van der Waals surface area contributed by atoms with E-state index in [-0.39, 0.29) is 5.91 Å². The van der Waals surface area contributed by atoms with Crippen molar-refractivity contribution in [3.63, 3.8) is 0 Å². The first kappa shape index (κ1) is 19.4. The maximum absolute atomic E-state index is 13.6. The monoisotopic (exact) mass is 447 g/mol. The summed E-state index contributed by atoms with van der Waals surface area (Å²) in [5.74, 6) is 1.09. The number of hydrogen-bond donors (Lipinski definition) is 1. The number of carbonyl (C=O) groups excluding carboxylic acids is 1. The molecule has 0 bridgehead atoms. The molecule has 0 saturated carbocycles. The van der Waals surface area contributed by atoms with Crippen LogP contribution in [0.5, 0.6) is 0 Å². The highest BCUT2D eigenvalue weighted by Crippen LogP contribution is 2.52. The van der Waals surface area contributed by atoms with Gasteiger partial charge >= 0.3 is 5.63 Å². The van der Waals surface area contributed by atoms with Crippen molar-refractivity contribution in [1.82, 2.24) is 0 Å². The van der Waals surface area contributed by atoms with Crippen molar-refractivity contribution < 1.29 is 13.9 Å². The van der Waals surface area contributed by atoms with E-state index in [2.05, 4.69) is 5.32 Å². The van der Waals surface area contributed by atoms with Crippen molar-refractivity contribution in [3.8, 4) is 0 Å². The van der Waals surface area contributed by atoms with Crippen LogP contribution in [0.2, 0.25) is 0 Å². The maximum Gasteiger partial charge on any atom is 0.347 e. The van der Waals surface area contributed by atoms with Crippen LogP contribution in [-0.4, -0.2) is 5.91 Å². The molecular formula is C29H21NO4. The number of ether oxygens (including phenoxy) is 1. The van der Waals surface area contributed by atoms with Gasteiger partial charge in [-0.25, -0.2) is 4.79 Å². The Balaban J connectivity index is 1.50. The van der Waals surface area contributed by atoms with E-state index in [1.165, 1.54) is 0 Å². The van der Waals surface area contributed by atoms with Crippen LogP contribution < -0.4 is 10.9 Å². The van der Waals surface area contributed by atoms with Crippen LogP contribution in [0.4, 0.5) is 5.69 Å². The summed E-state index contributed by atoms with van der Waals surface area (Å²) in [4.78, 5) is 26.7. The number of carbonyl (C=O) groups is 1. The molecule has 5 heteroatoms. The molecule has 1 atom stereocenters. The predicted molar refractivity (Wildman–Crippen MR) is 131 cm³/mol. The number of anilines is 1. The van der Waals surface area contributed by atoms with Crippen molar-refractivity contribution in [2.75, 3.05) is 5.32 Å². The van der Waals surface area contributed by atoms with Gasteiger partial charge in [-0.05, 0) is 65.4 Å². The number of benzene rings is 3. The summed E-state index contributed by atoms with van der Waals surface area (Å²) in [7, 11) is 0. The standard InChI is InChI=1S/C29H21NO4/c31-27-20(15-19-18-8-2-1-7-17(18)13-14-24(19)34-27)26-16-29(22-10-4-6-12-25(22)33-26)21-9-3-5-11-23(21)30-28(29)32/h1-3,5,7-9,11,13-16H,4,6,10,12H2,(H,30,32). The Morgan fingerprint density at radius 1 is 0.853 bits per heavy atom. The van der Waals surface area contributed by atoms with Crippen LogP contribution in [0.25, 0.3) is 27.5 Å². The maximum atomic E-state index is 13.6. The summed E-state index contributed by atoms with van der Waals surface area (Å²) >= 11 is 0. The van der Waals surface area contributed by atoms with E-state index in [0.717, 1.165) is 64.4 Å². The molecule has 3 aromatic carbocycles. The molecule has 2 aliphatic heterocycles. The van der Waals surface area contributed by atoms with Gasteiger partial charge in [0.15, 0.2) is 0 Å². The summed E-state index contributed by atoms with van der Waals surface area (Å²) in [6.45, 7) is 0. The Morgan fingerprint density at radius 2 is 1.68 bits per heavy atom. The number of hydrogen-bond acceptors (Lipinski definition) is 4. The van der Waals surface area contributed by atoms with Gasteiger partial charge in [0.2, 0.25) is 5.91 Å². The Hall–Kier alpha value is -4.12. The SMILES string of the molecule is O=C1Nc2ccccc2C12C=C(c1cc3c(ccc4ccccc43)oc1=O)OC1=C2CCCC1. The molecule has 4 aromatic rings. The molecule has 0 radical (unpaired) electrons. The fourth-order valence-electron chi connectivity index (χ4n) is 5.75. The molecule has 1 N–H and O–H groups in total. The van der Waals surface area contributed by atoms with E-state index in [1.54, 1.807) is 0 Å². The Kier molecular flexibility index (Phi) is 3.95. The highest BCUT2D eigenvalue weighted by Gasteiger charge is 2.52. The summed E-state index contributed by atoms with van der Waals surface area (Å²) < 4.78 is 12.1. The topological polar surface area (TPSA) is 68.5 Å². The Morgan fingerprint density at radius 3 is 2.62 bits per heavy atom. The van der Waals surface area contributed by atoms with Gasteiger partial charge < -0.3 is 14.5 Å². The first-order valence-corrected chi connectivity index (χ1v) is 11.7. The lowest BCUT2D eigenvalue weighted by Gasteiger charge is -2.36. The third-order valence-corrected chi connectivity index (χ3v) is 7.34. The average Bonchev–Trinajstić information content (AvgIpc) is 3.15. The van der Waals surface area contributed by atoms with E-state index in [0.29, 0.717) is 16.9 Å². The largest absolute Gasteiger partial charge is 0.461 e. The van der Waals surface area contributed by atoms with Crippen molar-refractivity contribution in [3.05, 3.63) is 106 Å².